The van der Waals surface area contributed by atoms with Crippen molar-refractivity contribution in [2.45, 2.75) is 6.92 Å². The van der Waals surface area contributed by atoms with Crippen molar-refractivity contribution in [1.82, 2.24) is 0 Å². The van der Waals surface area contributed by atoms with Crippen LogP contribution in [-0.2, 0) is 10.9 Å². The van der Waals surface area contributed by atoms with Crippen molar-refractivity contribution in [2.24, 2.45) is 0 Å². The first-order valence-electron chi connectivity index (χ1n) is 5.56. The van der Waals surface area contributed by atoms with Crippen LogP contribution in [0.25, 0.3) is 0 Å². The van der Waals surface area contributed by atoms with Crippen LogP contribution in [0, 0.1) is 22.7 Å². The van der Waals surface area contributed by atoms with Gasteiger partial charge in [0.15, 0.2) is 0 Å². The molecule has 0 amide bonds. The van der Waals surface area contributed by atoms with Gasteiger partial charge in [-0.15, -0.1) is 0 Å². The summed E-state index contributed by atoms with van der Waals surface area (Å²) in [4.78, 5) is 0. The molecule has 2 N–H and O–H groups in total. The molecule has 0 unspecified atom stereocenters. The maximum absolute atomic E-state index is 10.7. The molecule has 0 aromatic heterocycles. The fraction of sp³-hybridized carbons (Fsp3) is 0.600. The minimum atomic E-state index is -10.7. The van der Waals surface area contributed by atoms with Gasteiger partial charge in [-0.05, 0) is 17.8 Å². The quantitative estimate of drug-likeness (QED) is 0.324. The molecule has 4 nitrogen and oxygen atoms in total. The van der Waals surface area contributed by atoms with Crippen LogP contribution >= 0.6 is 7.81 Å². The molecular formula is C10H15F6N2O2PS. The predicted molar refractivity (Wildman–Crippen MR) is 73.6 cm³/mol. The Labute approximate surface area is 126 Å². The van der Waals surface area contributed by atoms with Gasteiger partial charge in [0.2, 0.25) is 0 Å². The molecule has 0 bridgehead atoms. The third-order valence-corrected chi connectivity index (χ3v) is 4.19. The molecule has 0 heterocycles. The minimum absolute atomic E-state index is 0.0742. The van der Waals surface area contributed by atoms with Gasteiger partial charge >= 0.3 is 33.0 Å². The molecule has 0 fully saturated rings. The van der Waals surface area contributed by atoms with Crippen LogP contribution in [0.4, 0.5) is 25.2 Å². The molecule has 0 radical (unpaired) electrons. The van der Waals surface area contributed by atoms with E-state index < -0.39 is 7.81 Å². The first kappa shape index (κ1) is 23.3. The summed E-state index contributed by atoms with van der Waals surface area (Å²) in [7, 11) is -10.8. The standard InChI is InChI=1S/C10H15N2O2S.F6P/c1-9(10(6-11)7-12)8-15(4-2-13)5-3-14;1-7(2,3,4,5)6/h13-14H,2-5,8H2,1H3;/q+1;-1. The van der Waals surface area contributed by atoms with Crippen LogP contribution < -0.4 is 0 Å². The number of halogens is 6. The molecule has 0 spiro atoms. The number of rotatable bonds is 6. The van der Waals surface area contributed by atoms with Crippen molar-refractivity contribution in [3.8, 4) is 12.1 Å². The van der Waals surface area contributed by atoms with Crippen LogP contribution in [0.2, 0.25) is 0 Å². The van der Waals surface area contributed by atoms with Gasteiger partial charge in [-0.2, -0.15) is 10.5 Å². The monoisotopic (exact) mass is 372 g/mol. The Balaban J connectivity index is 0. The number of nitriles is 2. The van der Waals surface area contributed by atoms with E-state index >= 15 is 0 Å². The SMILES string of the molecule is CC(C[S+](CCO)CCO)=C(C#N)C#N.F[P-](F)(F)(F)(F)F. The molecular weight excluding hydrogens is 357 g/mol. The van der Waals surface area contributed by atoms with E-state index in [1.807, 2.05) is 12.1 Å². The summed E-state index contributed by atoms with van der Waals surface area (Å²) in [6, 6.07) is 3.68. The Kier molecular flexibility index (Phi) is 8.48. The summed E-state index contributed by atoms with van der Waals surface area (Å²) < 4.78 is 59.2. The van der Waals surface area contributed by atoms with E-state index in [1.54, 1.807) is 6.92 Å². The van der Waals surface area contributed by atoms with Crippen LogP contribution in [0.3, 0.4) is 0 Å². The van der Waals surface area contributed by atoms with E-state index in [0.29, 0.717) is 17.3 Å². The van der Waals surface area contributed by atoms with Crippen LogP contribution in [0.15, 0.2) is 11.1 Å². The average molecular weight is 372 g/mol. The molecule has 0 rings (SSSR count). The number of hydrogen-bond acceptors (Lipinski definition) is 4. The molecule has 0 atom stereocenters. The van der Waals surface area contributed by atoms with Gasteiger partial charge in [-0.1, -0.05) is 0 Å². The molecule has 0 aliphatic rings. The summed E-state index contributed by atoms with van der Waals surface area (Å²) in [5.74, 6) is 1.83. The second kappa shape index (κ2) is 8.02. The van der Waals surface area contributed by atoms with Crippen molar-refractivity contribution in [3.63, 3.8) is 0 Å². The first-order valence-corrected chi connectivity index (χ1v) is 9.32. The van der Waals surface area contributed by atoms with Crippen molar-refractivity contribution < 1.29 is 35.4 Å². The number of aliphatic hydroxyl groups excluding tert-OH is 2. The fourth-order valence-electron chi connectivity index (χ4n) is 1.10. The molecule has 22 heavy (non-hydrogen) atoms. The van der Waals surface area contributed by atoms with Crippen molar-refractivity contribution >= 4 is 18.7 Å². The number of allylic oxidation sites excluding steroid dienone is 1. The fourth-order valence-corrected chi connectivity index (χ4v) is 2.86. The van der Waals surface area contributed by atoms with E-state index in [4.69, 9.17) is 20.7 Å². The van der Waals surface area contributed by atoms with Crippen molar-refractivity contribution in [3.05, 3.63) is 11.1 Å². The molecule has 0 aliphatic heterocycles. The second-order valence-corrected chi connectivity index (χ2v) is 8.20. The van der Waals surface area contributed by atoms with E-state index in [-0.39, 0.29) is 29.7 Å². The van der Waals surface area contributed by atoms with E-state index in [9.17, 15) is 25.2 Å². The zero-order chi connectivity index (χ0) is 18.1. The van der Waals surface area contributed by atoms with Crippen molar-refractivity contribution in [1.29, 1.82) is 10.5 Å². The summed E-state index contributed by atoms with van der Waals surface area (Å²) in [5.41, 5.74) is 0.883. The van der Waals surface area contributed by atoms with Crippen LogP contribution in [0.1, 0.15) is 6.92 Å². The molecule has 0 saturated heterocycles. The zero-order valence-electron chi connectivity index (χ0n) is 11.4. The molecule has 0 saturated carbocycles. The van der Waals surface area contributed by atoms with Gasteiger partial charge in [0.25, 0.3) is 0 Å². The maximum atomic E-state index is 9.87. The van der Waals surface area contributed by atoms with Crippen LogP contribution in [-0.4, -0.2) is 40.7 Å². The van der Waals surface area contributed by atoms with Crippen LogP contribution in [0.5, 0.6) is 0 Å². The topological polar surface area (TPSA) is 88.0 Å². The average Bonchev–Trinajstić information content (AvgIpc) is 2.27. The molecule has 0 aromatic rings. The van der Waals surface area contributed by atoms with Gasteiger partial charge in [0.05, 0.1) is 13.2 Å². The number of aliphatic hydroxyl groups is 2. The van der Waals surface area contributed by atoms with Gasteiger partial charge in [-0.25, -0.2) is 0 Å². The third kappa shape index (κ3) is 21.3. The normalized spacial score (nSPS) is 13.8. The molecule has 130 valence electrons. The van der Waals surface area contributed by atoms with Gasteiger partial charge in [-0.3, -0.25) is 0 Å². The number of hydrogen-bond donors (Lipinski definition) is 2. The second-order valence-electron chi connectivity index (χ2n) is 3.95. The molecule has 12 heteroatoms. The first-order chi connectivity index (χ1) is 9.64. The molecule has 0 aromatic carbocycles. The van der Waals surface area contributed by atoms with Gasteiger partial charge < -0.3 is 10.2 Å². The van der Waals surface area contributed by atoms with E-state index in [2.05, 4.69) is 0 Å². The summed E-state index contributed by atoms with van der Waals surface area (Å²) in [6.07, 6.45) is 0. The Bertz CT molecular complexity index is 446. The van der Waals surface area contributed by atoms with Gasteiger partial charge in [0.1, 0.15) is 35.0 Å². The van der Waals surface area contributed by atoms with Crippen molar-refractivity contribution in [2.75, 3.05) is 30.5 Å². The Morgan fingerprint density at radius 3 is 1.50 bits per heavy atom. The third-order valence-electron chi connectivity index (χ3n) is 1.83. The van der Waals surface area contributed by atoms with E-state index in [1.165, 1.54) is 0 Å². The van der Waals surface area contributed by atoms with E-state index in [0.717, 1.165) is 5.57 Å². The summed E-state index contributed by atoms with van der Waals surface area (Å²) >= 11 is 0. The predicted octanol–water partition coefficient (Wildman–Crippen LogP) is 3.34. The van der Waals surface area contributed by atoms with Gasteiger partial charge in [0, 0.05) is 5.57 Å². The molecule has 0 aliphatic carbocycles. The Hall–Kier alpha value is -1.00. The number of nitrogens with zero attached hydrogens (tertiary/aromatic N) is 2. The summed E-state index contributed by atoms with van der Waals surface area (Å²) in [6.45, 7) is 1.90. The Morgan fingerprint density at radius 1 is 0.955 bits per heavy atom. The Morgan fingerprint density at radius 2 is 1.27 bits per heavy atom. The summed E-state index contributed by atoms with van der Waals surface area (Å²) in [5, 5.41) is 34.9. The zero-order valence-corrected chi connectivity index (χ0v) is 13.2.